The second kappa shape index (κ2) is 19.5. The SMILES string of the molecule is CC(C)(C)NCC(O)c1ccc(O)c(CO)c1.CCCCCCCCCCCCC(C(=O)O)C(C)C. The van der Waals surface area contributed by atoms with Crippen molar-refractivity contribution in [2.24, 2.45) is 11.8 Å². The van der Waals surface area contributed by atoms with Crippen molar-refractivity contribution in [2.75, 3.05) is 6.54 Å². The van der Waals surface area contributed by atoms with E-state index in [0.29, 0.717) is 17.7 Å². The monoisotopic (exact) mass is 509 g/mol. The Balaban J connectivity index is 0.000000684. The number of hydrogen-bond donors (Lipinski definition) is 5. The highest BCUT2D eigenvalue weighted by molar-refractivity contribution is 5.70. The molecule has 0 heterocycles. The van der Waals surface area contributed by atoms with Gasteiger partial charge in [0.1, 0.15) is 5.75 Å². The van der Waals surface area contributed by atoms with Crippen LogP contribution in [0.4, 0.5) is 0 Å². The highest BCUT2D eigenvalue weighted by atomic mass is 16.4. The van der Waals surface area contributed by atoms with E-state index in [2.05, 4.69) is 12.2 Å². The summed E-state index contributed by atoms with van der Waals surface area (Å²) in [4.78, 5) is 11.0. The van der Waals surface area contributed by atoms with Crippen molar-refractivity contribution < 1.29 is 25.2 Å². The van der Waals surface area contributed by atoms with E-state index in [9.17, 15) is 15.0 Å². The van der Waals surface area contributed by atoms with Crippen LogP contribution >= 0.6 is 0 Å². The molecule has 0 radical (unpaired) electrons. The standard InChI is InChI=1S/C17H34O2.C13H21NO3/c1-4-5-6-7-8-9-10-11-12-13-14-16(15(2)3)17(18)19;1-13(2,3)14-7-12(17)9-4-5-11(16)10(6-9)8-15/h15-16H,4-14H2,1-3H3,(H,18,19);4-6,12,14-17H,7-8H2,1-3H3. The molecule has 0 saturated heterocycles. The van der Waals surface area contributed by atoms with Gasteiger partial charge in [-0.15, -0.1) is 0 Å². The van der Waals surface area contributed by atoms with Gasteiger partial charge < -0.3 is 25.7 Å². The van der Waals surface area contributed by atoms with Crippen LogP contribution in [0.25, 0.3) is 0 Å². The quantitative estimate of drug-likeness (QED) is 0.145. The number of aromatic hydroxyl groups is 1. The zero-order valence-electron chi connectivity index (χ0n) is 23.9. The lowest BCUT2D eigenvalue weighted by atomic mass is 9.90. The van der Waals surface area contributed by atoms with E-state index in [1.54, 1.807) is 12.1 Å². The summed E-state index contributed by atoms with van der Waals surface area (Å²) in [6.45, 7) is 12.5. The third-order valence-electron chi connectivity index (χ3n) is 6.48. The topological polar surface area (TPSA) is 110 Å². The lowest BCUT2D eigenvalue weighted by Gasteiger charge is -2.23. The number of rotatable bonds is 17. The summed E-state index contributed by atoms with van der Waals surface area (Å²) >= 11 is 0. The number of aliphatic hydroxyl groups is 2. The molecular weight excluding hydrogens is 454 g/mol. The molecule has 2 unspecified atom stereocenters. The molecule has 0 bridgehead atoms. The minimum Gasteiger partial charge on any atom is -0.508 e. The molecule has 0 aliphatic carbocycles. The van der Waals surface area contributed by atoms with Crippen LogP contribution < -0.4 is 5.32 Å². The van der Waals surface area contributed by atoms with E-state index in [0.717, 1.165) is 12.8 Å². The van der Waals surface area contributed by atoms with Crippen LogP contribution in [0.5, 0.6) is 5.75 Å². The fraction of sp³-hybridized carbons (Fsp3) is 0.767. The first-order valence-electron chi connectivity index (χ1n) is 14.0. The Hall–Kier alpha value is -1.63. The lowest BCUT2D eigenvalue weighted by Crippen LogP contribution is -2.38. The van der Waals surface area contributed by atoms with Crippen molar-refractivity contribution in [3.8, 4) is 5.75 Å². The zero-order chi connectivity index (χ0) is 27.6. The minimum absolute atomic E-state index is 0.0484. The molecule has 1 aromatic rings. The summed E-state index contributed by atoms with van der Waals surface area (Å²) in [5, 5.41) is 40.7. The molecule has 36 heavy (non-hydrogen) atoms. The second-order valence-electron chi connectivity index (χ2n) is 11.4. The normalized spacial score (nSPS) is 13.2. The van der Waals surface area contributed by atoms with Crippen LogP contribution in [0.2, 0.25) is 0 Å². The van der Waals surface area contributed by atoms with Crippen LogP contribution in [0, 0.1) is 11.8 Å². The summed E-state index contributed by atoms with van der Waals surface area (Å²) < 4.78 is 0. The number of nitrogens with one attached hydrogen (secondary N) is 1. The number of phenols is 1. The number of benzene rings is 1. The molecule has 1 aromatic carbocycles. The predicted molar refractivity (Wildman–Crippen MR) is 149 cm³/mol. The summed E-state index contributed by atoms with van der Waals surface area (Å²) in [6.07, 6.45) is 13.3. The fourth-order valence-corrected chi connectivity index (χ4v) is 4.05. The highest BCUT2D eigenvalue weighted by Crippen LogP contribution is 2.23. The number of carboxylic acid groups (broad SMARTS) is 1. The van der Waals surface area contributed by atoms with Crippen molar-refractivity contribution in [2.45, 2.75) is 130 Å². The molecule has 0 amide bonds. The van der Waals surface area contributed by atoms with Crippen LogP contribution in [0.3, 0.4) is 0 Å². The van der Waals surface area contributed by atoms with Gasteiger partial charge in [0.25, 0.3) is 0 Å². The average Bonchev–Trinajstić information content (AvgIpc) is 2.80. The molecule has 0 aliphatic rings. The van der Waals surface area contributed by atoms with Gasteiger partial charge in [0.15, 0.2) is 0 Å². The van der Waals surface area contributed by atoms with Gasteiger partial charge >= 0.3 is 5.97 Å². The molecule has 1 rings (SSSR count). The molecule has 2 atom stereocenters. The molecule has 6 heteroatoms. The van der Waals surface area contributed by atoms with Crippen molar-refractivity contribution in [1.82, 2.24) is 5.32 Å². The van der Waals surface area contributed by atoms with Crippen molar-refractivity contribution >= 4 is 5.97 Å². The number of hydrogen-bond acceptors (Lipinski definition) is 5. The zero-order valence-corrected chi connectivity index (χ0v) is 23.9. The van der Waals surface area contributed by atoms with Gasteiger partial charge in [-0.2, -0.15) is 0 Å². The van der Waals surface area contributed by atoms with Crippen LogP contribution in [-0.2, 0) is 11.4 Å². The van der Waals surface area contributed by atoms with Crippen molar-refractivity contribution in [1.29, 1.82) is 0 Å². The highest BCUT2D eigenvalue weighted by Gasteiger charge is 2.20. The van der Waals surface area contributed by atoms with E-state index < -0.39 is 12.1 Å². The Morgan fingerprint density at radius 1 is 0.944 bits per heavy atom. The van der Waals surface area contributed by atoms with Gasteiger partial charge in [-0.05, 0) is 50.8 Å². The number of unbranched alkanes of at least 4 members (excludes halogenated alkanes) is 9. The first-order valence-corrected chi connectivity index (χ1v) is 14.0. The van der Waals surface area contributed by atoms with E-state index in [1.165, 1.54) is 63.9 Å². The Morgan fingerprint density at radius 3 is 1.92 bits per heavy atom. The number of carboxylic acids is 1. The molecule has 0 aliphatic heterocycles. The van der Waals surface area contributed by atoms with E-state index >= 15 is 0 Å². The third kappa shape index (κ3) is 16.9. The first kappa shape index (κ1) is 34.4. The third-order valence-corrected chi connectivity index (χ3v) is 6.48. The molecule has 6 nitrogen and oxygen atoms in total. The molecular formula is C30H55NO5. The largest absolute Gasteiger partial charge is 0.508 e. The first-order chi connectivity index (χ1) is 16.9. The molecule has 5 N–H and O–H groups in total. The molecule has 0 fully saturated rings. The molecule has 0 saturated carbocycles. The smallest absolute Gasteiger partial charge is 0.306 e. The number of β-amino-alcohol motifs (C(OH)–C–C–N with tert-alkyl or cyclic N) is 1. The van der Waals surface area contributed by atoms with E-state index in [1.807, 2.05) is 34.6 Å². The molecule has 210 valence electrons. The number of carbonyl (C=O) groups is 1. The summed E-state index contributed by atoms with van der Waals surface area (Å²) in [6, 6.07) is 4.76. The Bertz CT molecular complexity index is 699. The van der Waals surface area contributed by atoms with Gasteiger partial charge in [-0.3, -0.25) is 4.79 Å². The van der Waals surface area contributed by atoms with Crippen molar-refractivity contribution in [3.63, 3.8) is 0 Å². The van der Waals surface area contributed by atoms with E-state index in [-0.39, 0.29) is 29.7 Å². The van der Waals surface area contributed by atoms with Gasteiger partial charge in [-0.25, -0.2) is 0 Å². The van der Waals surface area contributed by atoms with Gasteiger partial charge in [0, 0.05) is 17.6 Å². The van der Waals surface area contributed by atoms with Crippen LogP contribution in [0.15, 0.2) is 18.2 Å². The minimum atomic E-state index is -0.653. The summed E-state index contributed by atoms with van der Waals surface area (Å²) in [7, 11) is 0. The molecule has 0 aromatic heterocycles. The average molecular weight is 510 g/mol. The molecule has 0 spiro atoms. The summed E-state index contributed by atoms with van der Waals surface area (Å²) in [5.74, 6) is -0.455. The van der Waals surface area contributed by atoms with Gasteiger partial charge in [-0.1, -0.05) is 91.0 Å². The maximum atomic E-state index is 11.0. The Labute approximate surface area is 220 Å². The maximum Gasteiger partial charge on any atom is 0.306 e. The van der Waals surface area contributed by atoms with Crippen LogP contribution in [-0.4, -0.2) is 38.5 Å². The number of aliphatic hydroxyl groups excluding tert-OH is 2. The van der Waals surface area contributed by atoms with Gasteiger partial charge in [0.2, 0.25) is 0 Å². The number of aliphatic carboxylic acids is 1. The predicted octanol–water partition coefficient (Wildman–Crippen LogP) is 6.96. The Kier molecular flexibility index (Phi) is 18.6. The summed E-state index contributed by atoms with van der Waals surface area (Å²) in [5.41, 5.74) is 1.05. The Morgan fingerprint density at radius 2 is 1.47 bits per heavy atom. The van der Waals surface area contributed by atoms with Crippen molar-refractivity contribution in [3.05, 3.63) is 29.3 Å². The van der Waals surface area contributed by atoms with Crippen LogP contribution in [0.1, 0.15) is 129 Å². The second-order valence-corrected chi connectivity index (χ2v) is 11.4. The fourth-order valence-electron chi connectivity index (χ4n) is 4.05. The maximum absolute atomic E-state index is 11.0. The van der Waals surface area contributed by atoms with E-state index in [4.69, 9.17) is 10.2 Å². The van der Waals surface area contributed by atoms with Gasteiger partial charge in [0.05, 0.1) is 18.6 Å². The lowest BCUT2D eigenvalue weighted by molar-refractivity contribution is -0.143.